The molecule has 1 atom stereocenters. The van der Waals surface area contributed by atoms with Crippen LogP contribution in [0.5, 0.6) is 0 Å². The number of hydrogen-bond donors (Lipinski definition) is 0. The number of rotatable bonds is 3. The topological polar surface area (TPSA) is 37.4 Å². The van der Waals surface area contributed by atoms with Gasteiger partial charge in [-0.15, -0.1) is 11.8 Å². The van der Waals surface area contributed by atoms with Gasteiger partial charge in [0.1, 0.15) is 0 Å². The lowest BCUT2D eigenvalue weighted by molar-refractivity contribution is 0.588. The van der Waals surface area contributed by atoms with Gasteiger partial charge in [-0.1, -0.05) is 49.4 Å². The van der Waals surface area contributed by atoms with Gasteiger partial charge in [0.2, 0.25) is 10.0 Å². The van der Waals surface area contributed by atoms with Crippen molar-refractivity contribution in [1.29, 1.82) is 0 Å². The standard InChI is InChI=1S/C16H17NO2S2/c1-13-11-17(15-9-5-6-10-16(15)20-13)21(18,19)12-14-7-3-2-4-8-14/h2-10,13H,11-12H2,1H3. The third-order valence-electron chi connectivity index (χ3n) is 3.41. The van der Waals surface area contributed by atoms with Gasteiger partial charge in [-0.3, -0.25) is 4.31 Å². The Morgan fingerprint density at radius 2 is 1.76 bits per heavy atom. The maximum atomic E-state index is 12.8. The molecule has 0 aliphatic carbocycles. The van der Waals surface area contributed by atoms with E-state index in [0.717, 1.165) is 16.1 Å². The molecule has 2 aromatic carbocycles. The van der Waals surface area contributed by atoms with Crippen LogP contribution in [0.4, 0.5) is 5.69 Å². The predicted octanol–water partition coefficient (Wildman–Crippen LogP) is 3.52. The van der Waals surface area contributed by atoms with Crippen LogP contribution >= 0.6 is 11.8 Å². The Balaban J connectivity index is 1.96. The van der Waals surface area contributed by atoms with Crippen LogP contribution in [0.3, 0.4) is 0 Å². The normalized spacial score (nSPS) is 18.3. The van der Waals surface area contributed by atoms with Gasteiger partial charge < -0.3 is 0 Å². The van der Waals surface area contributed by atoms with Gasteiger partial charge in [0.15, 0.2) is 0 Å². The first-order valence-electron chi connectivity index (χ1n) is 6.86. The molecule has 0 spiro atoms. The van der Waals surface area contributed by atoms with Crippen LogP contribution in [-0.2, 0) is 15.8 Å². The van der Waals surface area contributed by atoms with E-state index < -0.39 is 10.0 Å². The average Bonchev–Trinajstić information content (AvgIpc) is 2.47. The fourth-order valence-electron chi connectivity index (χ4n) is 2.47. The highest BCUT2D eigenvalue weighted by molar-refractivity contribution is 8.00. The molecular weight excluding hydrogens is 302 g/mol. The molecule has 0 aromatic heterocycles. The Labute approximate surface area is 130 Å². The van der Waals surface area contributed by atoms with Crippen molar-refractivity contribution < 1.29 is 8.42 Å². The zero-order chi connectivity index (χ0) is 14.9. The van der Waals surface area contributed by atoms with Crippen molar-refractivity contribution in [2.24, 2.45) is 0 Å². The summed E-state index contributed by atoms with van der Waals surface area (Å²) < 4.78 is 27.1. The minimum atomic E-state index is -3.36. The molecule has 0 fully saturated rings. The molecule has 1 aliphatic heterocycles. The monoisotopic (exact) mass is 319 g/mol. The Hall–Kier alpha value is -1.46. The third kappa shape index (κ3) is 3.09. The lowest BCUT2D eigenvalue weighted by atomic mass is 10.2. The molecule has 3 rings (SSSR count). The molecule has 0 bridgehead atoms. The number of hydrogen-bond acceptors (Lipinski definition) is 3. The first kappa shape index (κ1) is 14.5. The van der Waals surface area contributed by atoms with Gasteiger partial charge in [0.05, 0.1) is 11.4 Å². The summed E-state index contributed by atoms with van der Waals surface area (Å²) in [6, 6.07) is 17.0. The summed E-state index contributed by atoms with van der Waals surface area (Å²) in [5.41, 5.74) is 1.62. The predicted molar refractivity (Wildman–Crippen MR) is 88.2 cm³/mol. The van der Waals surface area contributed by atoms with Crippen LogP contribution in [0.1, 0.15) is 12.5 Å². The minimum Gasteiger partial charge on any atom is -0.268 e. The lowest BCUT2D eigenvalue weighted by Crippen LogP contribution is -2.39. The number of benzene rings is 2. The van der Waals surface area contributed by atoms with Gasteiger partial charge in [-0.05, 0) is 17.7 Å². The number of anilines is 1. The quantitative estimate of drug-likeness (QED) is 0.869. The summed E-state index contributed by atoms with van der Waals surface area (Å²) in [4.78, 5) is 1.04. The molecule has 1 heterocycles. The highest BCUT2D eigenvalue weighted by Gasteiger charge is 2.30. The summed E-state index contributed by atoms with van der Waals surface area (Å²) in [7, 11) is -3.36. The summed E-state index contributed by atoms with van der Waals surface area (Å²) in [6.07, 6.45) is 0. The van der Waals surface area contributed by atoms with E-state index in [2.05, 4.69) is 6.92 Å². The molecule has 2 aromatic rings. The number of nitrogens with zero attached hydrogens (tertiary/aromatic N) is 1. The molecule has 3 nitrogen and oxygen atoms in total. The average molecular weight is 319 g/mol. The smallest absolute Gasteiger partial charge is 0.239 e. The van der Waals surface area contributed by atoms with E-state index in [9.17, 15) is 8.42 Å². The van der Waals surface area contributed by atoms with Gasteiger partial charge in [0, 0.05) is 16.7 Å². The van der Waals surface area contributed by atoms with E-state index in [-0.39, 0.29) is 11.0 Å². The van der Waals surface area contributed by atoms with E-state index in [4.69, 9.17) is 0 Å². The van der Waals surface area contributed by atoms with E-state index in [1.165, 1.54) is 0 Å². The molecule has 0 amide bonds. The zero-order valence-corrected chi connectivity index (χ0v) is 13.4. The Morgan fingerprint density at radius 1 is 1.10 bits per heavy atom. The summed E-state index contributed by atoms with van der Waals surface area (Å²) in [5, 5.41) is 0.255. The maximum absolute atomic E-state index is 12.8. The Kier molecular flexibility index (Phi) is 3.95. The van der Waals surface area contributed by atoms with Crippen LogP contribution in [-0.4, -0.2) is 20.2 Å². The highest BCUT2D eigenvalue weighted by Crippen LogP contribution is 2.39. The number of sulfonamides is 1. The molecule has 0 saturated heterocycles. The van der Waals surface area contributed by atoms with Crippen molar-refractivity contribution in [3.63, 3.8) is 0 Å². The molecule has 5 heteroatoms. The third-order valence-corrected chi connectivity index (χ3v) is 6.28. The SMILES string of the molecule is CC1CN(S(=O)(=O)Cc2ccccc2)c2ccccc2S1. The summed E-state index contributed by atoms with van der Waals surface area (Å²) in [6.45, 7) is 2.59. The molecule has 110 valence electrons. The largest absolute Gasteiger partial charge is 0.268 e. The number of thioether (sulfide) groups is 1. The molecule has 0 saturated carbocycles. The molecule has 1 aliphatic rings. The van der Waals surface area contributed by atoms with Crippen molar-refractivity contribution in [3.05, 3.63) is 60.2 Å². The maximum Gasteiger partial charge on any atom is 0.239 e. The van der Waals surface area contributed by atoms with Gasteiger partial charge in [-0.25, -0.2) is 8.42 Å². The van der Waals surface area contributed by atoms with Crippen molar-refractivity contribution in [2.75, 3.05) is 10.8 Å². The van der Waals surface area contributed by atoms with Gasteiger partial charge in [-0.2, -0.15) is 0 Å². The Morgan fingerprint density at radius 3 is 2.52 bits per heavy atom. The van der Waals surface area contributed by atoms with Crippen LogP contribution in [0.2, 0.25) is 0 Å². The van der Waals surface area contributed by atoms with Gasteiger partial charge >= 0.3 is 0 Å². The second-order valence-corrected chi connectivity index (χ2v) is 8.54. The molecule has 21 heavy (non-hydrogen) atoms. The first-order valence-corrected chi connectivity index (χ1v) is 9.35. The van der Waals surface area contributed by atoms with E-state index in [0.29, 0.717) is 6.54 Å². The number of fused-ring (bicyclic) bond motifs is 1. The first-order chi connectivity index (χ1) is 10.1. The minimum absolute atomic E-state index is 0.0412. The van der Waals surface area contributed by atoms with Crippen molar-refractivity contribution in [2.45, 2.75) is 22.8 Å². The van der Waals surface area contributed by atoms with E-state index >= 15 is 0 Å². The molecule has 0 radical (unpaired) electrons. The van der Waals surface area contributed by atoms with Crippen LogP contribution < -0.4 is 4.31 Å². The van der Waals surface area contributed by atoms with Gasteiger partial charge in [0.25, 0.3) is 0 Å². The summed E-state index contributed by atoms with van der Waals surface area (Å²) in [5.74, 6) is 0.0412. The number of para-hydroxylation sites is 1. The molecule has 0 N–H and O–H groups in total. The fourth-order valence-corrected chi connectivity index (χ4v) is 5.42. The second kappa shape index (κ2) is 5.73. The van der Waals surface area contributed by atoms with Crippen molar-refractivity contribution in [3.8, 4) is 0 Å². The van der Waals surface area contributed by atoms with Crippen LogP contribution in [0.15, 0.2) is 59.5 Å². The van der Waals surface area contributed by atoms with E-state index in [1.54, 1.807) is 16.1 Å². The molecule has 1 unspecified atom stereocenters. The van der Waals surface area contributed by atoms with Crippen LogP contribution in [0, 0.1) is 0 Å². The lowest BCUT2D eigenvalue weighted by Gasteiger charge is -2.33. The zero-order valence-electron chi connectivity index (χ0n) is 11.8. The van der Waals surface area contributed by atoms with E-state index in [1.807, 2.05) is 54.6 Å². The second-order valence-electron chi connectivity index (χ2n) is 5.17. The molecular formula is C16H17NO2S2. The van der Waals surface area contributed by atoms with Crippen LogP contribution in [0.25, 0.3) is 0 Å². The summed E-state index contributed by atoms with van der Waals surface area (Å²) >= 11 is 1.73. The van der Waals surface area contributed by atoms with Crippen molar-refractivity contribution >= 4 is 27.5 Å². The highest BCUT2D eigenvalue weighted by atomic mass is 32.2. The fraction of sp³-hybridized carbons (Fsp3) is 0.250. The van der Waals surface area contributed by atoms with Crippen molar-refractivity contribution in [1.82, 2.24) is 0 Å². The Bertz CT molecular complexity index is 729.